The summed E-state index contributed by atoms with van der Waals surface area (Å²) in [5.41, 5.74) is 3.46. The SMILES string of the molecule is Cc1ccc(C(O)CN(C)C(C)C(C)C)c(C)c1. The molecule has 0 heterocycles. The highest BCUT2D eigenvalue weighted by atomic mass is 16.3. The Morgan fingerprint density at radius 3 is 2.28 bits per heavy atom. The molecule has 0 spiro atoms. The summed E-state index contributed by atoms with van der Waals surface area (Å²) in [6, 6.07) is 6.72. The van der Waals surface area contributed by atoms with Crippen LogP contribution in [0.5, 0.6) is 0 Å². The van der Waals surface area contributed by atoms with Crippen molar-refractivity contribution in [3.05, 3.63) is 34.9 Å². The number of hydrogen-bond acceptors (Lipinski definition) is 2. The van der Waals surface area contributed by atoms with Crippen LogP contribution in [0.3, 0.4) is 0 Å². The fraction of sp³-hybridized carbons (Fsp3) is 0.625. The maximum atomic E-state index is 10.4. The molecule has 2 heteroatoms. The second-order valence-corrected chi connectivity index (χ2v) is 5.80. The Bertz CT molecular complexity index is 387. The first-order valence-corrected chi connectivity index (χ1v) is 6.78. The summed E-state index contributed by atoms with van der Waals surface area (Å²) in [5.74, 6) is 0.598. The van der Waals surface area contributed by atoms with Crippen molar-refractivity contribution in [2.24, 2.45) is 5.92 Å². The van der Waals surface area contributed by atoms with Crippen LogP contribution in [-0.2, 0) is 0 Å². The minimum absolute atomic E-state index is 0.406. The van der Waals surface area contributed by atoms with Crippen molar-refractivity contribution in [3.8, 4) is 0 Å². The summed E-state index contributed by atoms with van der Waals surface area (Å²) < 4.78 is 0. The molecule has 0 aliphatic carbocycles. The standard InChI is InChI=1S/C16H27NO/c1-11(2)14(5)17(6)10-16(18)15-8-7-12(3)9-13(15)4/h7-9,11,14,16,18H,10H2,1-6H3. The van der Waals surface area contributed by atoms with Crippen LogP contribution in [0, 0.1) is 19.8 Å². The van der Waals surface area contributed by atoms with Crippen molar-refractivity contribution in [2.45, 2.75) is 46.8 Å². The van der Waals surface area contributed by atoms with Crippen LogP contribution in [-0.4, -0.2) is 29.6 Å². The van der Waals surface area contributed by atoms with E-state index in [1.165, 1.54) is 11.1 Å². The second-order valence-electron chi connectivity index (χ2n) is 5.80. The Balaban J connectivity index is 2.73. The van der Waals surface area contributed by atoms with E-state index in [0.29, 0.717) is 18.5 Å². The molecule has 0 saturated heterocycles. The van der Waals surface area contributed by atoms with Gasteiger partial charge in [-0.2, -0.15) is 0 Å². The molecule has 0 fully saturated rings. The topological polar surface area (TPSA) is 23.5 Å². The van der Waals surface area contributed by atoms with Gasteiger partial charge >= 0.3 is 0 Å². The predicted molar refractivity (Wildman–Crippen MR) is 77.8 cm³/mol. The first-order valence-electron chi connectivity index (χ1n) is 6.78. The average molecular weight is 249 g/mol. The van der Waals surface area contributed by atoms with Gasteiger partial charge in [0.15, 0.2) is 0 Å². The molecule has 1 rings (SSSR count). The number of aryl methyl sites for hydroxylation is 2. The van der Waals surface area contributed by atoms with Crippen LogP contribution in [0.2, 0.25) is 0 Å². The molecule has 2 nitrogen and oxygen atoms in total. The van der Waals surface area contributed by atoms with E-state index in [2.05, 4.69) is 58.7 Å². The van der Waals surface area contributed by atoms with E-state index < -0.39 is 6.10 Å². The van der Waals surface area contributed by atoms with Crippen LogP contribution in [0.4, 0.5) is 0 Å². The number of nitrogens with zero attached hydrogens (tertiary/aromatic N) is 1. The van der Waals surface area contributed by atoms with Crippen molar-refractivity contribution in [3.63, 3.8) is 0 Å². The van der Waals surface area contributed by atoms with Crippen LogP contribution < -0.4 is 0 Å². The Morgan fingerprint density at radius 1 is 1.17 bits per heavy atom. The highest BCUT2D eigenvalue weighted by Crippen LogP contribution is 2.21. The zero-order valence-electron chi connectivity index (χ0n) is 12.6. The van der Waals surface area contributed by atoms with Crippen LogP contribution in [0.1, 0.15) is 43.6 Å². The Kier molecular flexibility index (Phi) is 5.36. The molecule has 0 bridgehead atoms. The van der Waals surface area contributed by atoms with Gasteiger partial charge in [0.25, 0.3) is 0 Å². The van der Waals surface area contributed by atoms with Crippen LogP contribution >= 0.6 is 0 Å². The summed E-state index contributed by atoms with van der Waals surface area (Å²) in [7, 11) is 2.08. The number of aliphatic hydroxyl groups is 1. The van der Waals surface area contributed by atoms with Gasteiger partial charge in [-0.15, -0.1) is 0 Å². The highest BCUT2D eigenvalue weighted by Gasteiger charge is 2.18. The molecule has 1 aromatic rings. The molecule has 1 N–H and O–H groups in total. The van der Waals surface area contributed by atoms with Crippen molar-refractivity contribution in [2.75, 3.05) is 13.6 Å². The quantitative estimate of drug-likeness (QED) is 0.865. The summed E-state index contributed by atoms with van der Waals surface area (Å²) in [6.07, 6.45) is -0.406. The van der Waals surface area contributed by atoms with Gasteiger partial charge in [-0.25, -0.2) is 0 Å². The average Bonchev–Trinajstić information content (AvgIpc) is 2.27. The van der Waals surface area contributed by atoms with E-state index in [1.807, 2.05) is 6.07 Å². The van der Waals surface area contributed by atoms with Crippen molar-refractivity contribution in [1.82, 2.24) is 4.90 Å². The molecule has 18 heavy (non-hydrogen) atoms. The number of rotatable bonds is 5. The number of hydrogen-bond donors (Lipinski definition) is 1. The molecular weight excluding hydrogens is 222 g/mol. The minimum Gasteiger partial charge on any atom is -0.387 e. The lowest BCUT2D eigenvalue weighted by Gasteiger charge is -2.30. The highest BCUT2D eigenvalue weighted by molar-refractivity contribution is 5.32. The molecule has 0 radical (unpaired) electrons. The lowest BCUT2D eigenvalue weighted by molar-refractivity contribution is 0.0951. The van der Waals surface area contributed by atoms with E-state index in [-0.39, 0.29) is 0 Å². The monoisotopic (exact) mass is 249 g/mol. The third kappa shape index (κ3) is 3.82. The largest absolute Gasteiger partial charge is 0.387 e. The fourth-order valence-corrected chi connectivity index (χ4v) is 2.25. The predicted octanol–water partition coefficient (Wildman–Crippen LogP) is 3.31. The first-order chi connectivity index (χ1) is 8.32. The summed E-state index contributed by atoms with van der Waals surface area (Å²) in [4.78, 5) is 2.23. The summed E-state index contributed by atoms with van der Waals surface area (Å²) in [5, 5.41) is 10.4. The number of benzene rings is 1. The lowest BCUT2D eigenvalue weighted by Crippen LogP contribution is -2.36. The molecule has 0 amide bonds. The zero-order chi connectivity index (χ0) is 13.9. The Labute approximate surface area is 112 Å². The van der Waals surface area contributed by atoms with Crippen molar-refractivity contribution >= 4 is 0 Å². The van der Waals surface area contributed by atoms with Crippen LogP contribution in [0.15, 0.2) is 18.2 Å². The Hall–Kier alpha value is -0.860. The minimum atomic E-state index is -0.406. The Morgan fingerprint density at radius 2 is 1.78 bits per heavy atom. The van der Waals surface area contributed by atoms with Crippen molar-refractivity contribution in [1.29, 1.82) is 0 Å². The van der Waals surface area contributed by atoms with Gasteiger partial charge in [-0.1, -0.05) is 37.6 Å². The van der Waals surface area contributed by atoms with E-state index in [0.717, 1.165) is 5.56 Å². The van der Waals surface area contributed by atoms with E-state index >= 15 is 0 Å². The van der Waals surface area contributed by atoms with Gasteiger partial charge in [0.2, 0.25) is 0 Å². The number of aliphatic hydroxyl groups excluding tert-OH is 1. The maximum Gasteiger partial charge on any atom is 0.0919 e. The third-order valence-corrected chi connectivity index (χ3v) is 3.91. The molecular formula is C16H27NO. The summed E-state index contributed by atoms with van der Waals surface area (Å²) >= 11 is 0. The molecule has 102 valence electrons. The first kappa shape index (κ1) is 15.2. The van der Waals surface area contributed by atoms with E-state index in [4.69, 9.17) is 0 Å². The van der Waals surface area contributed by atoms with Gasteiger partial charge < -0.3 is 10.0 Å². The lowest BCUT2D eigenvalue weighted by atomic mass is 9.99. The van der Waals surface area contributed by atoms with Gasteiger partial charge in [0, 0.05) is 12.6 Å². The smallest absolute Gasteiger partial charge is 0.0919 e. The molecule has 1 aromatic carbocycles. The summed E-state index contributed by atoms with van der Waals surface area (Å²) in [6.45, 7) is 11.5. The van der Waals surface area contributed by atoms with Gasteiger partial charge in [-0.3, -0.25) is 0 Å². The normalized spacial score (nSPS) is 15.2. The molecule has 2 unspecified atom stereocenters. The molecule has 0 saturated carbocycles. The van der Waals surface area contributed by atoms with Crippen LogP contribution in [0.25, 0.3) is 0 Å². The zero-order valence-corrected chi connectivity index (χ0v) is 12.6. The van der Waals surface area contributed by atoms with Crippen molar-refractivity contribution < 1.29 is 5.11 Å². The molecule has 2 atom stereocenters. The van der Waals surface area contributed by atoms with E-state index in [9.17, 15) is 5.11 Å². The number of likely N-dealkylation sites (N-methyl/N-ethyl adjacent to an activating group) is 1. The fourth-order valence-electron chi connectivity index (χ4n) is 2.25. The van der Waals surface area contributed by atoms with E-state index in [1.54, 1.807) is 0 Å². The van der Waals surface area contributed by atoms with Gasteiger partial charge in [0.1, 0.15) is 0 Å². The second kappa shape index (κ2) is 6.35. The third-order valence-electron chi connectivity index (χ3n) is 3.91. The molecule has 0 aromatic heterocycles. The van der Waals surface area contributed by atoms with Gasteiger partial charge in [0.05, 0.1) is 6.10 Å². The van der Waals surface area contributed by atoms with Gasteiger partial charge in [-0.05, 0) is 44.9 Å². The molecule has 0 aliphatic heterocycles. The molecule has 0 aliphatic rings. The maximum absolute atomic E-state index is 10.4.